The van der Waals surface area contributed by atoms with Crippen molar-refractivity contribution in [1.29, 1.82) is 0 Å². The van der Waals surface area contributed by atoms with Gasteiger partial charge in [0.2, 0.25) is 0 Å². The average molecular weight is 240 g/mol. The second kappa shape index (κ2) is 3.80. The summed E-state index contributed by atoms with van der Waals surface area (Å²) in [5.41, 5.74) is 2.27. The summed E-state index contributed by atoms with van der Waals surface area (Å²) >= 11 is 0. The van der Waals surface area contributed by atoms with E-state index < -0.39 is 0 Å². The lowest BCUT2D eigenvalue weighted by atomic mass is 10.2. The van der Waals surface area contributed by atoms with Crippen LogP contribution in [0.15, 0.2) is 30.6 Å². The highest BCUT2D eigenvalue weighted by Gasteiger charge is 2.25. The molecule has 1 N–H and O–H groups in total. The maximum absolute atomic E-state index is 12.2. The van der Waals surface area contributed by atoms with Crippen LogP contribution in [0, 0.1) is 6.92 Å². The molecule has 5 heteroatoms. The smallest absolute Gasteiger partial charge is 0.259 e. The van der Waals surface area contributed by atoms with E-state index in [1.165, 1.54) is 0 Å². The molecule has 0 fully saturated rings. The van der Waals surface area contributed by atoms with Gasteiger partial charge >= 0.3 is 0 Å². The zero-order chi connectivity index (χ0) is 12.7. The van der Waals surface area contributed by atoms with E-state index >= 15 is 0 Å². The standard InChI is InChI=1S/C13H12N4O/c1-8-5-7-15-12-10(8)16-13(18)9-4-3-6-14-11(9)17(12)2/h3-7H,1-2H3,(H,16,18). The Kier molecular flexibility index (Phi) is 2.26. The van der Waals surface area contributed by atoms with Gasteiger partial charge in [-0.3, -0.25) is 4.79 Å². The zero-order valence-corrected chi connectivity index (χ0v) is 10.1. The number of nitrogens with zero attached hydrogens (tertiary/aromatic N) is 3. The quantitative estimate of drug-likeness (QED) is 0.766. The number of aromatic nitrogens is 2. The number of hydrogen-bond acceptors (Lipinski definition) is 4. The van der Waals surface area contributed by atoms with Crippen LogP contribution in [0.25, 0.3) is 0 Å². The number of carbonyl (C=O) groups excluding carboxylic acids is 1. The van der Waals surface area contributed by atoms with Crippen LogP contribution in [-0.2, 0) is 0 Å². The topological polar surface area (TPSA) is 58.1 Å². The SMILES string of the molecule is Cc1ccnc2c1NC(=O)c1cccnc1N2C. The van der Waals surface area contributed by atoms with Crippen molar-refractivity contribution in [3.63, 3.8) is 0 Å². The van der Waals surface area contributed by atoms with Crippen LogP contribution in [0.2, 0.25) is 0 Å². The first-order chi connectivity index (χ1) is 8.68. The predicted molar refractivity (Wildman–Crippen MR) is 69.2 cm³/mol. The van der Waals surface area contributed by atoms with Crippen LogP contribution in [0.5, 0.6) is 0 Å². The lowest BCUT2D eigenvalue weighted by Gasteiger charge is -2.18. The Morgan fingerprint density at radius 1 is 1.17 bits per heavy atom. The largest absolute Gasteiger partial charge is 0.318 e. The lowest BCUT2D eigenvalue weighted by Crippen LogP contribution is -2.14. The number of aryl methyl sites for hydroxylation is 1. The highest BCUT2D eigenvalue weighted by atomic mass is 16.1. The summed E-state index contributed by atoms with van der Waals surface area (Å²) in [6, 6.07) is 5.38. The lowest BCUT2D eigenvalue weighted by molar-refractivity contribution is 0.102. The van der Waals surface area contributed by atoms with Crippen molar-refractivity contribution in [2.45, 2.75) is 6.92 Å². The number of fused-ring (bicyclic) bond motifs is 2. The number of anilines is 3. The molecule has 1 aliphatic heterocycles. The summed E-state index contributed by atoms with van der Waals surface area (Å²) in [5.74, 6) is 1.17. The molecule has 3 heterocycles. The fourth-order valence-corrected chi connectivity index (χ4v) is 2.08. The van der Waals surface area contributed by atoms with Gasteiger partial charge in [-0.05, 0) is 30.7 Å². The molecule has 2 aromatic heterocycles. The Morgan fingerprint density at radius 3 is 2.78 bits per heavy atom. The van der Waals surface area contributed by atoms with E-state index in [0.29, 0.717) is 17.2 Å². The molecule has 2 aromatic rings. The summed E-state index contributed by atoms with van der Waals surface area (Å²) in [6.07, 6.45) is 3.40. The minimum atomic E-state index is -0.153. The molecule has 0 spiro atoms. The van der Waals surface area contributed by atoms with E-state index in [-0.39, 0.29) is 5.91 Å². The molecule has 0 unspecified atom stereocenters. The van der Waals surface area contributed by atoms with Gasteiger partial charge < -0.3 is 10.2 Å². The van der Waals surface area contributed by atoms with E-state index in [1.54, 1.807) is 24.5 Å². The Hall–Kier alpha value is -2.43. The van der Waals surface area contributed by atoms with Crippen LogP contribution in [0.1, 0.15) is 15.9 Å². The molecular weight excluding hydrogens is 228 g/mol. The molecule has 1 aliphatic rings. The first kappa shape index (κ1) is 10.7. The van der Waals surface area contributed by atoms with E-state index in [9.17, 15) is 4.79 Å². The number of nitrogens with one attached hydrogen (secondary N) is 1. The number of rotatable bonds is 0. The third kappa shape index (κ3) is 1.44. The summed E-state index contributed by atoms with van der Waals surface area (Å²) in [6.45, 7) is 1.94. The molecule has 0 radical (unpaired) electrons. The maximum atomic E-state index is 12.2. The number of hydrogen-bond donors (Lipinski definition) is 1. The summed E-state index contributed by atoms with van der Waals surface area (Å²) < 4.78 is 0. The molecule has 0 aliphatic carbocycles. The van der Waals surface area contributed by atoms with E-state index in [1.807, 2.05) is 24.9 Å². The van der Waals surface area contributed by atoms with Crippen molar-refractivity contribution >= 4 is 23.2 Å². The van der Waals surface area contributed by atoms with Crippen molar-refractivity contribution < 1.29 is 4.79 Å². The minimum absolute atomic E-state index is 0.153. The van der Waals surface area contributed by atoms with E-state index in [0.717, 1.165) is 11.3 Å². The molecule has 0 atom stereocenters. The Bertz CT molecular complexity index is 639. The predicted octanol–water partition coefficient (Wildman–Crippen LogP) is 2.12. The molecule has 0 saturated heterocycles. The molecule has 90 valence electrons. The molecule has 5 nitrogen and oxygen atoms in total. The third-order valence-corrected chi connectivity index (χ3v) is 3.04. The molecule has 18 heavy (non-hydrogen) atoms. The zero-order valence-electron chi connectivity index (χ0n) is 10.1. The Morgan fingerprint density at radius 2 is 1.94 bits per heavy atom. The van der Waals surface area contributed by atoms with Crippen molar-refractivity contribution in [3.8, 4) is 0 Å². The van der Waals surface area contributed by atoms with Gasteiger partial charge in [-0.1, -0.05) is 0 Å². The third-order valence-electron chi connectivity index (χ3n) is 3.04. The Labute approximate surface area is 104 Å². The van der Waals surface area contributed by atoms with Crippen LogP contribution in [0.4, 0.5) is 17.3 Å². The highest BCUT2D eigenvalue weighted by Crippen LogP contribution is 2.35. The van der Waals surface area contributed by atoms with Gasteiger partial charge in [0.1, 0.15) is 5.82 Å². The average Bonchev–Trinajstić information content (AvgIpc) is 2.49. The first-order valence-electron chi connectivity index (χ1n) is 5.64. The second-order valence-electron chi connectivity index (χ2n) is 4.21. The van der Waals surface area contributed by atoms with Gasteiger partial charge in [-0.25, -0.2) is 9.97 Å². The fraction of sp³-hybridized carbons (Fsp3) is 0.154. The van der Waals surface area contributed by atoms with E-state index in [4.69, 9.17) is 0 Å². The van der Waals surface area contributed by atoms with Gasteiger partial charge in [0.25, 0.3) is 5.91 Å². The normalized spacial score (nSPS) is 13.4. The van der Waals surface area contributed by atoms with Gasteiger partial charge in [0.15, 0.2) is 5.82 Å². The second-order valence-corrected chi connectivity index (χ2v) is 4.21. The highest BCUT2D eigenvalue weighted by molar-refractivity contribution is 6.11. The monoisotopic (exact) mass is 240 g/mol. The molecule has 0 aromatic carbocycles. The van der Waals surface area contributed by atoms with Crippen LogP contribution >= 0.6 is 0 Å². The fourth-order valence-electron chi connectivity index (χ4n) is 2.08. The van der Waals surface area contributed by atoms with Crippen LogP contribution in [-0.4, -0.2) is 22.9 Å². The molecule has 0 saturated carbocycles. The molecular formula is C13H12N4O. The van der Waals surface area contributed by atoms with Gasteiger partial charge in [-0.2, -0.15) is 0 Å². The van der Waals surface area contributed by atoms with Crippen molar-refractivity contribution in [2.24, 2.45) is 0 Å². The van der Waals surface area contributed by atoms with Crippen LogP contribution in [0.3, 0.4) is 0 Å². The van der Waals surface area contributed by atoms with Crippen molar-refractivity contribution in [1.82, 2.24) is 9.97 Å². The van der Waals surface area contributed by atoms with Gasteiger partial charge in [0.05, 0.1) is 11.3 Å². The van der Waals surface area contributed by atoms with Gasteiger partial charge in [-0.15, -0.1) is 0 Å². The Balaban J connectivity index is 2.28. The van der Waals surface area contributed by atoms with Crippen LogP contribution < -0.4 is 10.2 Å². The van der Waals surface area contributed by atoms with Crippen molar-refractivity contribution in [3.05, 3.63) is 41.7 Å². The number of pyridine rings is 2. The molecule has 3 rings (SSSR count). The summed E-state index contributed by atoms with van der Waals surface area (Å²) in [7, 11) is 1.86. The van der Waals surface area contributed by atoms with E-state index in [2.05, 4.69) is 15.3 Å². The first-order valence-corrected chi connectivity index (χ1v) is 5.64. The number of carbonyl (C=O) groups is 1. The molecule has 1 amide bonds. The van der Waals surface area contributed by atoms with Crippen molar-refractivity contribution in [2.75, 3.05) is 17.3 Å². The molecule has 0 bridgehead atoms. The minimum Gasteiger partial charge on any atom is -0.318 e. The van der Waals surface area contributed by atoms with Gasteiger partial charge in [0, 0.05) is 19.4 Å². The number of amides is 1. The summed E-state index contributed by atoms with van der Waals surface area (Å²) in [5, 5.41) is 2.89. The maximum Gasteiger partial charge on any atom is 0.259 e. The summed E-state index contributed by atoms with van der Waals surface area (Å²) in [4.78, 5) is 22.6.